The first-order chi connectivity index (χ1) is 13.6. The zero-order valence-corrected chi connectivity index (χ0v) is 17.1. The summed E-state index contributed by atoms with van der Waals surface area (Å²) in [6.45, 7) is 5.20. The van der Waals surface area contributed by atoms with E-state index in [1.54, 1.807) is 13.4 Å². The molecule has 0 saturated heterocycles. The summed E-state index contributed by atoms with van der Waals surface area (Å²) in [5.41, 5.74) is 2.76. The Hall–Kier alpha value is -2.58. The van der Waals surface area contributed by atoms with Crippen LogP contribution in [0.3, 0.4) is 0 Å². The Kier molecular flexibility index (Phi) is 6.89. The summed E-state index contributed by atoms with van der Waals surface area (Å²) in [5, 5.41) is 12.3. The van der Waals surface area contributed by atoms with Gasteiger partial charge < -0.3 is 19.0 Å². The highest BCUT2D eigenvalue weighted by Crippen LogP contribution is 2.27. The maximum Gasteiger partial charge on any atom is 0.234 e. The molecule has 0 aliphatic rings. The number of aromatic nitrogens is 3. The number of methoxy groups -OCH3 is 1. The van der Waals surface area contributed by atoms with Crippen molar-refractivity contribution in [3.63, 3.8) is 0 Å². The lowest BCUT2D eigenvalue weighted by molar-refractivity contribution is -0.113. The molecule has 1 amide bonds. The number of furan rings is 1. The van der Waals surface area contributed by atoms with Crippen molar-refractivity contribution >= 4 is 23.4 Å². The van der Waals surface area contributed by atoms with Crippen molar-refractivity contribution in [1.29, 1.82) is 0 Å². The van der Waals surface area contributed by atoms with Crippen LogP contribution in [0.2, 0.25) is 0 Å². The number of amides is 1. The maximum atomic E-state index is 12.4. The number of benzene rings is 1. The molecule has 0 fully saturated rings. The van der Waals surface area contributed by atoms with Crippen LogP contribution in [-0.4, -0.2) is 40.1 Å². The molecule has 28 heavy (non-hydrogen) atoms. The summed E-state index contributed by atoms with van der Waals surface area (Å²) in [6.07, 6.45) is 2.46. The second-order valence-electron chi connectivity index (χ2n) is 6.35. The Balaban J connectivity index is 1.72. The fourth-order valence-electron chi connectivity index (χ4n) is 2.81. The summed E-state index contributed by atoms with van der Waals surface area (Å²) in [5.74, 6) is 1.70. The fourth-order valence-corrected chi connectivity index (χ4v) is 3.57. The van der Waals surface area contributed by atoms with Gasteiger partial charge in [0.05, 0.1) is 17.6 Å². The molecule has 8 heteroatoms. The molecule has 3 rings (SSSR count). The fraction of sp³-hybridized carbons (Fsp3) is 0.350. The standard InChI is InChI=1S/C20H24N4O3S/c1-14-7-4-5-8-17(14)21-18(25)13-28-20-23-22-19(16-9-12-27-15(16)2)24(20)10-6-11-26-3/h4-5,7-9,12H,6,10-11,13H2,1-3H3,(H,21,25). The summed E-state index contributed by atoms with van der Waals surface area (Å²) < 4.78 is 12.6. The van der Waals surface area contributed by atoms with Crippen molar-refractivity contribution in [2.24, 2.45) is 0 Å². The Labute approximate surface area is 168 Å². The molecule has 2 aromatic heterocycles. The number of ether oxygens (including phenoxy) is 1. The number of aryl methyl sites for hydroxylation is 2. The number of hydrogen-bond donors (Lipinski definition) is 1. The Morgan fingerprint density at radius 3 is 2.79 bits per heavy atom. The van der Waals surface area contributed by atoms with Gasteiger partial charge in [-0.3, -0.25) is 4.79 Å². The minimum atomic E-state index is -0.0771. The van der Waals surface area contributed by atoms with E-state index in [0.29, 0.717) is 18.3 Å². The maximum absolute atomic E-state index is 12.4. The van der Waals surface area contributed by atoms with E-state index < -0.39 is 0 Å². The molecule has 3 aromatic rings. The van der Waals surface area contributed by atoms with Crippen LogP contribution in [0.4, 0.5) is 5.69 Å². The van der Waals surface area contributed by atoms with Crippen molar-refractivity contribution < 1.29 is 13.9 Å². The molecule has 0 aliphatic heterocycles. The molecule has 0 radical (unpaired) electrons. The number of para-hydroxylation sites is 1. The molecule has 0 unspecified atom stereocenters. The molecule has 1 N–H and O–H groups in total. The average molecular weight is 401 g/mol. The van der Waals surface area contributed by atoms with Crippen molar-refractivity contribution in [2.75, 3.05) is 24.8 Å². The van der Waals surface area contributed by atoms with Gasteiger partial charge in [-0.2, -0.15) is 0 Å². The molecule has 0 bridgehead atoms. The molecular weight excluding hydrogens is 376 g/mol. The van der Waals surface area contributed by atoms with Gasteiger partial charge in [0.1, 0.15) is 5.76 Å². The predicted molar refractivity (Wildman–Crippen MR) is 109 cm³/mol. The second kappa shape index (κ2) is 9.57. The zero-order chi connectivity index (χ0) is 19.9. The van der Waals surface area contributed by atoms with E-state index in [-0.39, 0.29) is 11.7 Å². The Bertz CT molecular complexity index is 935. The molecule has 0 atom stereocenters. The van der Waals surface area contributed by atoms with E-state index in [1.807, 2.05) is 48.7 Å². The van der Waals surface area contributed by atoms with Gasteiger partial charge in [0.15, 0.2) is 11.0 Å². The normalized spacial score (nSPS) is 11.0. The van der Waals surface area contributed by atoms with E-state index in [0.717, 1.165) is 34.8 Å². The molecule has 148 valence electrons. The highest BCUT2D eigenvalue weighted by atomic mass is 32.2. The van der Waals surface area contributed by atoms with Gasteiger partial charge in [0.25, 0.3) is 0 Å². The van der Waals surface area contributed by atoms with Crippen molar-refractivity contribution in [2.45, 2.75) is 32.0 Å². The zero-order valence-electron chi connectivity index (χ0n) is 16.3. The largest absolute Gasteiger partial charge is 0.469 e. The number of hydrogen-bond acceptors (Lipinski definition) is 6. The number of carbonyl (C=O) groups excluding carboxylic acids is 1. The minimum absolute atomic E-state index is 0.0771. The number of nitrogens with zero attached hydrogens (tertiary/aromatic N) is 3. The third kappa shape index (κ3) is 4.82. The smallest absolute Gasteiger partial charge is 0.234 e. The SMILES string of the molecule is COCCCn1c(SCC(=O)Nc2ccccc2C)nnc1-c1ccoc1C. The molecule has 1 aromatic carbocycles. The summed E-state index contributed by atoms with van der Waals surface area (Å²) in [7, 11) is 1.68. The number of carbonyl (C=O) groups is 1. The summed E-state index contributed by atoms with van der Waals surface area (Å²) in [6, 6.07) is 9.59. The molecule has 2 heterocycles. The van der Waals surface area contributed by atoms with Gasteiger partial charge in [-0.05, 0) is 38.0 Å². The topological polar surface area (TPSA) is 82.2 Å². The first-order valence-electron chi connectivity index (χ1n) is 9.05. The van der Waals surface area contributed by atoms with Crippen LogP contribution >= 0.6 is 11.8 Å². The van der Waals surface area contributed by atoms with E-state index in [2.05, 4.69) is 15.5 Å². The minimum Gasteiger partial charge on any atom is -0.469 e. The molecule has 0 aliphatic carbocycles. The van der Waals surface area contributed by atoms with Crippen LogP contribution < -0.4 is 5.32 Å². The first-order valence-corrected chi connectivity index (χ1v) is 10.0. The Morgan fingerprint density at radius 2 is 2.07 bits per heavy atom. The van der Waals surface area contributed by atoms with Gasteiger partial charge in [-0.25, -0.2) is 0 Å². The van der Waals surface area contributed by atoms with E-state index in [9.17, 15) is 4.79 Å². The van der Waals surface area contributed by atoms with Gasteiger partial charge in [0, 0.05) is 25.9 Å². The third-order valence-electron chi connectivity index (χ3n) is 4.30. The van der Waals surface area contributed by atoms with E-state index in [1.165, 1.54) is 11.8 Å². The second-order valence-corrected chi connectivity index (χ2v) is 7.29. The Morgan fingerprint density at radius 1 is 1.25 bits per heavy atom. The monoisotopic (exact) mass is 400 g/mol. The van der Waals surface area contributed by atoms with Crippen LogP contribution in [0.15, 0.2) is 46.2 Å². The molecule has 0 saturated carbocycles. The predicted octanol–water partition coefficient (Wildman–Crippen LogP) is 3.92. The van der Waals surface area contributed by atoms with Gasteiger partial charge in [-0.1, -0.05) is 30.0 Å². The number of rotatable bonds is 9. The summed E-state index contributed by atoms with van der Waals surface area (Å²) >= 11 is 1.37. The number of thioether (sulfide) groups is 1. The van der Waals surface area contributed by atoms with Gasteiger partial charge >= 0.3 is 0 Å². The van der Waals surface area contributed by atoms with Crippen molar-refractivity contribution in [3.8, 4) is 11.4 Å². The molecule has 0 spiro atoms. The van der Waals surface area contributed by atoms with Crippen LogP contribution in [0.5, 0.6) is 0 Å². The van der Waals surface area contributed by atoms with Crippen molar-refractivity contribution in [1.82, 2.24) is 14.8 Å². The van der Waals surface area contributed by atoms with Gasteiger partial charge in [0.2, 0.25) is 5.91 Å². The van der Waals surface area contributed by atoms with E-state index in [4.69, 9.17) is 9.15 Å². The summed E-state index contributed by atoms with van der Waals surface area (Å²) in [4.78, 5) is 12.4. The lowest BCUT2D eigenvalue weighted by Gasteiger charge is -2.10. The third-order valence-corrected chi connectivity index (χ3v) is 5.27. The highest BCUT2D eigenvalue weighted by Gasteiger charge is 2.18. The van der Waals surface area contributed by atoms with Crippen LogP contribution in [-0.2, 0) is 16.1 Å². The van der Waals surface area contributed by atoms with Crippen LogP contribution in [0, 0.1) is 13.8 Å². The highest BCUT2D eigenvalue weighted by molar-refractivity contribution is 7.99. The number of nitrogens with one attached hydrogen (secondary N) is 1. The lowest BCUT2D eigenvalue weighted by Crippen LogP contribution is -2.15. The molecular formula is C20H24N4O3S. The number of anilines is 1. The van der Waals surface area contributed by atoms with Crippen LogP contribution in [0.1, 0.15) is 17.7 Å². The van der Waals surface area contributed by atoms with Gasteiger partial charge in [-0.15, -0.1) is 10.2 Å². The molecule has 7 nitrogen and oxygen atoms in total. The lowest BCUT2D eigenvalue weighted by atomic mass is 10.2. The van der Waals surface area contributed by atoms with E-state index >= 15 is 0 Å². The first kappa shape index (κ1) is 20.2. The average Bonchev–Trinajstić information content (AvgIpc) is 3.28. The van der Waals surface area contributed by atoms with Crippen LogP contribution in [0.25, 0.3) is 11.4 Å². The quantitative estimate of drug-likeness (QED) is 0.433. The van der Waals surface area contributed by atoms with Crippen molar-refractivity contribution in [3.05, 3.63) is 47.9 Å².